The molecule has 0 bridgehead atoms. The summed E-state index contributed by atoms with van der Waals surface area (Å²) in [4.78, 5) is 41.3. The second-order valence-electron chi connectivity index (χ2n) is 10.9. The molecule has 232 valence electrons. The zero-order valence-electron chi connectivity index (χ0n) is 23.0. The number of aromatic nitrogens is 1. The highest BCUT2D eigenvalue weighted by molar-refractivity contribution is 5.97. The number of fused-ring (bicyclic) bond motifs is 1. The van der Waals surface area contributed by atoms with Crippen molar-refractivity contribution in [3.8, 4) is 17.0 Å². The van der Waals surface area contributed by atoms with Gasteiger partial charge in [0, 0.05) is 28.4 Å². The predicted octanol–water partition coefficient (Wildman–Crippen LogP) is 3.63. The lowest BCUT2D eigenvalue weighted by molar-refractivity contribution is -0.265. The molecule has 2 atom stereocenters. The number of nitrogens with one attached hydrogen (secondary N) is 3. The third-order valence-corrected chi connectivity index (χ3v) is 7.46. The number of primary amides is 1. The Hall–Kier alpha value is -4.79. The number of hydrogen-bond acceptors (Lipinski definition) is 6. The Morgan fingerprint density at radius 1 is 1.07 bits per heavy atom. The maximum absolute atomic E-state index is 14.6. The van der Waals surface area contributed by atoms with Crippen LogP contribution >= 0.6 is 0 Å². The largest absolute Gasteiger partial charge is 0.489 e. The summed E-state index contributed by atoms with van der Waals surface area (Å²) in [6.07, 6.45) is -3.88. The van der Waals surface area contributed by atoms with Crippen molar-refractivity contribution in [2.45, 2.75) is 43.0 Å². The minimum absolute atomic E-state index is 0.0184. The van der Waals surface area contributed by atoms with Crippen LogP contribution in [0.1, 0.15) is 41.4 Å². The summed E-state index contributed by atoms with van der Waals surface area (Å²) >= 11 is 0. The number of benzene rings is 2. The van der Waals surface area contributed by atoms with E-state index in [-0.39, 0.29) is 40.9 Å². The Bertz CT molecular complexity index is 1650. The van der Waals surface area contributed by atoms with Gasteiger partial charge in [0.05, 0.1) is 12.2 Å². The quantitative estimate of drug-likeness (QED) is 0.243. The van der Waals surface area contributed by atoms with Gasteiger partial charge in [0.2, 0.25) is 11.5 Å². The summed E-state index contributed by atoms with van der Waals surface area (Å²) in [7, 11) is 0. The number of nitrogens with two attached hydrogens (primary N) is 1. The van der Waals surface area contributed by atoms with E-state index < -0.39 is 64.5 Å². The molecule has 1 fully saturated rings. The van der Waals surface area contributed by atoms with Crippen LogP contribution in [0, 0.1) is 11.6 Å². The van der Waals surface area contributed by atoms with E-state index in [9.17, 15) is 41.4 Å². The Morgan fingerprint density at radius 2 is 1.75 bits per heavy atom. The third-order valence-electron chi connectivity index (χ3n) is 7.46. The molecular weight excluding hydrogens is 593 g/mol. The Labute approximate surface area is 246 Å². The molecule has 5 rings (SSSR count). The first-order valence-electron chi connectivity index (χ1n) is 13.3. The van der Waals surface area contributed by atoms with E-state index in [4.69, 9.17) is 10.5 Å². The zero-order valence-corrected chi connectivity index (χ0v) is 23.0. The lowest BCUT2D eigenvalue weighted by atomic mass is 9.81. The van der Waals surface area contributed by atoms with Crippen LogP contribution in [0.25, 0.3) is 11.3 Å². The number of aliphatic hydroxyl groups is 1. The molecule has 10 nitrogen and oxygen atoms in total. The van der Waals surface area contributed by atoms with Crippen molar-refractivity contribution in [1.29, 1.82) is 0 Å². The van der Waals surface area contributed by atoms with Gasteiger partial charge in [-0.15, -0.1) is 0 Å². The fourth-order valence-corrected chi connectivity index (χ4v) is 4.62. The van der Waals surface area contributed by atoms with Crippen molar-refractivity contribution >= 4 is 23.5 Å². The summed E-state index contributed by atoms with van der Waals surface area (Å²) in [5.41, 5.74) is -1.72. The summed E-state index contributed by atoms with van der Waals surface area (Å²) < 4.78 is 77.3. The number of alkyl halides is 3. The number of nitrogens with zero attached hydrogens (tertiary/aromatic N) is 1. The molecule has 1 aromatic heterocycles. The fourth-order valence-electron chi connectivity index (χ4n) is 4.62. The SMILES string of the molecule is C[C@]1(C(N)=O)COc2c1cc(C(O)(CNC(=O)c1cc(F)cc(NC(=O)NC3CC3)c1)C(F)(F)F)nc2-c1ccc(F)cc1. The topological polar surface area (TPSA) is 156 Å². The minimum atomic E-state index is -5.44. The molecule has 0 radical (unpaired) electrons. The van der Waals surface area contributed by atoms with E-state index in [0.717, 1.165) is 49.2 Å². The molecule has 15 heteroatoms. The zero-order chi connectivity index (χ0) is 32.0. The van der Waals surface area contributed by atoms with Crippen LogP contribution < -0.4 is 26.4 Å². The molecule has 44 heavy (non-hydrogen) atoms. The van der Waals surface area contributed by atoms with Crippen molar-refractivity contribution in [1.82, 2.24) is 15.6 Å². The maximum Gasteiger partial charge on any atom is 0.424 e. The standard InChI is InChI=1S/C29H26F5N5O5/c1-27(25(35)41)13-44-23-20(27)11-21(39-22(23)14-2-4-16(30)5-3-14)28(43,29(32,33)34)12-36-24(40)15-8-17(31)10-19(9-15)38-26(42)37-18-6-7-18/h2-5,8-11,18,43H,6-7,12-13H2,1H3,(H2,35,41)(H,36,40)(H2,37,38,42)/t27-,28?/m0/s1. The van der Waals surface area contributed by atoms with Gasteiger partial charge < -0.3 is 31.5 Å². The Morgan fingerprint density at radius 3 is 2.36 bits per heavy atom. The first-order chi connectivity index (χ1) is 20.6. The summed E-state index contributed by atoms with van der Waals surface area (Å²) in [6, 6.07) is 7.37. The maximum atomic E-state index is 14.6. The second kappa shape index (κ2) is 11.0. The van der Waals surface area contributed by atoms with Crippen LogP contribution in [-0.4, -0.2) is 53.3 Å². The highest BCUT2D eigenvalue weighted by atomic mass is 19.4. The van der Waals surface area contributed by atoms with Crippen molar-refractivity contribution < 1.29 is 46.2 Å². The first kappa shape index (κ1) is 30.7. The number of pyridine rings is 1. The number of carbonyl (C=O) groups excluding carboxylic acids is 3. The average molecular weight is 620 g/mol. The number of hydrogen-bond donors (Lipinski definition) is 5. The van der Waals surface area contributed by atoms with Gasteiger partial charge in [-0.3, -0.25) is 9.59 Å². The Kier molecular flexibility index (Phi) is 7.70. The molecule has 1 aliphatic carbocycles. The van der Waals surface area contributed by atoms with E-state index in [1.807, 2.05) is 5.32 Å². The minimum Gasteiger partial charge on any atom is -0.489 e. The van der Waals surface area contributed by atoms with E-state index in [1.54, 1.807) is 0 Å². The van der Waals surface area contributed by atoms with E-state index in [0.29, 0.717) is 0 Å². The molecular formula is C29H26F5N5O5. The van der Waals surface area contributed by atoms with Crippen LogP contribution in [0.15, 0.2) is 48.5 Å². The molecule has 6 N–H and O–H groups in total. The first-order valence-corrected chi connectivity index (χ1v) is 13.3. The number of amides is 4. The van der Waals surface area contributed by atoms with E-state index >= 15 is 0 Å². The molecule has 1 saturated carbocycles. The van der Waals surface area contributed by atoms with Gasteiger partial charge in [-0.1, -0.05) is 0 Å². The van der Waals surface area contributed by atoms with Crippen LogP contribution in [0.4, 0.5) is 32.4 Å². The van der Waals surface area contributed by atoms with Crippen LogP contribution in [0.3, 0.4) is 0 Å². The number of anilines is 1. The number of carbonyl (C=O) groups is 3. The van der Waals surface area contributed by atoms with Crippen molar-refractivity contribution in [3.05, 3.63) is 77.0 Å². The van der Waals surface area contributed by atoms with Crippen molar-refractivity contribution in [2.24, 2.45) is 5.73 Å². The van der Waals surface area contributed by atoms with Crippen LogP contribution in [-0.2, 0) is 15.8 Å². The van der Waals surface area contributed by atoms with Gasteiger partial charge >= 0.3 is 12.2 Å². The van der Waals surface area contributed by atoms with Crippen molar-refractivity contribution in [3.63, 3.8) is 0 Å². The van der Waals surface area contributed by atoms with Gasteiger partial charge in [0.15, 0.2) is 0 Å². The van der Waals surface area contributed by atoms with Gasteiger partial charge in [0.1, 0.15) is 35.1 Å². The van der Waals surface area contributed by atoms with Crippen molar-refractivity contribution in [2.75, 3.05) is 18.5 Å². The molecule has 4 amide bonds. The Balaban J connectivity index is 1.50. The number of urea groups is 1. The van der Waals surface area contributed by atoms with Gasteiger partial charge in [-0.2, -0.15) is 13.2 Å². The number of ether oxygens (including phenoxy) is 1. The summed E-state index contributed by atoms with van der Waals surface area (Å²) in [5.74, 6) is -3.81. The molecule has 2 aromatic carbocycles. The average Bonchev–Trinajstić information content (AvgIpc) is 3.70. The normalized spacial score (nSPS) is 18.9. The number of rotatable bonds is 8. The van der Waals surface area contributed by atoms with Gasteiger partial charge in [-0.05, 0) is 68.3 Å². The molecule has 3 aromatic rings. The van der Waals surface area contributed by atoms with Crippen LogP contribution in [0.5, 0.6) is 5.75 Å². The molecule has 1 unspecified atom stereocenters. The highest BCUT2D eigenvalue weighted by Crippen LogP contribution is 2.47. The lowest BCUT2D eigenvalue weighted by Crippen LogP contribution is -2.51. The smallest absolute Gasteiger partial charge is 0.424 e. The van der Waals surface area contributed by atoms with E-state index in [2.05, 4.69) is 15.6 Å². The summed E-state index contributed by atoms with van der Waals surface area (Å²) in [6.45, 7) is -0.485. The summed E-state index contributed by atoms with van der Waals surface area (Å²) in [5, 5.41) is 18.0. The van der Waals surface area contributed by atoms with Gasteiger partial charge in [-0.25, -0.2) is 18.6 Å². The predicted molar refractivity (Wildman–Crippen MR) is 146 cm³/mol. The lowest BCUT2D eigenvalue weighted by Gasteiger charge is -2.31. The highest BCUT2D eigenvalue weighted by Gasteiger charge is 2.57. The molecule has 1 aliphatic heterocycles. The third kappa shape index (κ3) is 5.86. The fraction of sp³-hybridized carbons (Fsp3) is 0.310. The second-order valence-corrected chi connectivity index (χ2v) is 10.9. The van der Waals surface area contributed by atoms with E-state index in [1.165, 1.54) is 19.1 Å². The van der Waals surface area contributed by atoms with Crippen LogP contribution in [0.2, 0.25) is 0 Å². The molecule has 0 saturated heterocycles. The molecule has 2 heterocycles. The number of halogens is 5. The van der Waals surface area contributed by atoms with Gasteiger partial charge in [0.25, 0.3) is 5.91 Å². The molecule has 0 spiro atoms. The molecule has 2 aliphatic rings. The monoisotopic (exact) mass is 619 g/mol.